The van der Waals surface area contributed by atoms with E-state index in [1.165, 1.54) is 48.4 Å². The summed E-state index contributed by atoms with van der Waals surface area (Å²) in [4.78, 5) is 18.4. The van der Waals surface area contributed by atoms with Crippen molar-refractivity contribution < 1.29 is 9.53 Å². The molecular weight excluding hydrogens is 394 g/mol. The predicted molar refractivity (Wildman–Crippen MR) is 122 cm³/mol. The largest absolute Gasteiger partial charge is 0.484 e. The Hall–Kier alpha value is -2.05. The molecule has 2 amide bonds. The lowest BCUT2D eigenvalue weighted by atomic mass is 10.1. The van der Waals surface area contributed by atoms with E-state index in [4.69, 9.17) is 4.74 Å². The van der Waals surface area contributed by atoms with Gasteiger partial charge in [0.1, 0.15) is 0 Å². The van der Waals surface area contributed by atoms with Crippen molar-refractivity contribution in [1.29, 1.82) is 0 Å². The Labute approximate surface area is 184 Å². The van der Waals surface area contributed by atoms with E-state index in [1.54, 1.807) is 11.3 Å². The third-order valence-electron chi connectivity index (χ3n) is 5.98. The van der Waals surface area contributed by atoms with E-state index in [2.05, 4.69) is 28.4 Å². The number of likely N-dealkylation sites (tertiary alicyclic amines) is 1. The van der Waals surface area contributed by atoms with Gasteiger partial charge in [-0.05, 0) is 62.4 Å². The third-order valence-corrected chi connectivity index (χ3v) is 7.13. The maximum atomic E-state index is 12.5. The SMILES string of the molecule is O=C(NCCc1ccccc1)N1CCc2sc(OCCCN3CCCCC3)cc2C1. The summed E-state index contributed by atoms with van der Waals surface area (Å²) >= 11 is 1.76. The molecular formula is C24H33N3O2S. The van der Waals surface area contributed by atoms with Gasteiger partial charge in [-0.1, -0.05) is 36.8 Å². The summed E-state index contributed by atoms with van der Waals surface area (Å²) in [5, 5.41) is 4.07. The van der Waals surface area contributed by atoms with Crippen molar-refractivity contribution in [3.63, 3.8) is 0 Å². The van der Waals surface area contributed by atoms with Gasteiger partial charge in [0.25, 0.3) is 0 Å². The predicted octanol–water partition coefficient (Wildman–Crippen LogP) is 4.31. The van der Waals surface area contributed by atoms with Gasteiger partial charge in [-0.2, -0.15) is 0 Å². The number of nitrogens with one attached hydrogen (secondary N) is 1. The highest BCUT2D eigenvalue weighted by Gasteiger charge is 2.23. The summed E-state index contributed by atoms with van der Waals surface area (Å²) in [6, 6.07) is 12.5. The molecule has 0 unspecified atom stereocenters. The molecule has 3 heterocycles. The summed E-state index contributed by atoms with van der Waals surface area (Å²) in [7, 11) is 0. The molecule has 1 N–H and O–H groups in total. The van der Waals surface area contributed by atoms with Crippen LogP contribution in [0.25, 0.3) is 0 Å². The minimum absolute atomic E-state index is 0.0341. The topological polar surface area (TPSA) is 44.8 Å². The fourth-order valence-corrected chi connectivity index (χ4v) is 5.30. The molecule has 2 aliphatic heterocycles. The molecule has 0 spiro atoms. The van der Waals surface area contributed by atoms with Crippen molar-refractivity contribution in [2.75, 3.05) is 39.3 Å². The first kappa shape index (κ1) is 21.2. The van der Waals surface area contributed by atoms with Crippen LogP contribution in [0.15, 0.2) is 36.4 Å². The normalized spacial score (nSPS) is 16.9. The van der Waals surface area contributed by atoms with Crippen molar-refractivity contribution in [1.82, 2.24) is 15.1 Å². The number of amides is 2. The smallest absolute Gasteiger partial charge is 0.317 e. The van der Waals surface area contributed by atoms with Gasteiger partial charge in [0.05, 0.1) is 6.61 Å². The second-order valence-electron chi connectivity index (χ2n) is 8.26. The molecule has 0 aliphatic carbocycles. The average Bonchev–Trinajstić information content (AvgIpc) is 3.20. The molecule has 1 aromatic carbocycles. The number of urea groups is 1. The number of hydrogen-bond acceptors (Lipinski definition) is 4. The zero-order valence-electron chi connectivity index (χ0n) is 17.8. The zero-order chi connectivity index (χ0) is 20.6. The van der Waals surface area contributed by atoms with Crippen LogP contribution in [0.4, 0.5) is 4.79 Å². The van der Waals surface area contributed by atoms with Gasteiger partial charge in [-0.25, -0.2) is 4.79 Å². The molecule has 0 atom stereocenters. The monoisotopic (exact) mass is 427 g/mol. The summed E-state index contributed by atoms with van der Waals surface area (Å²) < 4.78 is 6.03. The Kier molecular flexibility index (Phi) is 7.65. The van der Waals surface area contributed by atoms with Crippen LogP contribution in [0.1, 0.15) is 41.7 Å². The molecule has 2 aliphatic rings. The Morgan fingerprint density at radius 1 is 1.10 bits per heavy atom. The Bertz CT molecular complexity index is 802. The van der Waals surface area contributed by atoms with Crippen molar-refractivity contribution in [2.45, 2.75) is 45.1 Å². The van der Waals surface area contributed by atoms with Gasteiger partial charge in [-0.15, -0.1) is 11.3 Å². The third kappa shape index (κ3) is 5.99. The first-order valence-electron chi connectivity index (χ1n) is 11.3. The van der Waals surface area contributed by atoms with E-state index in [0.717, 1.165) is 44.0 Å². The Morgan fingerprint density at radius 2 is 1.93 bits per heavy atom. The first-order chi connectivity index (χ1) is 14.8. The summed E-state index contributed by atoms with van der Waals surface area (Å²) in [5.41, 5.74) is 2.49. The molecule has 162 valence electrons. The quantitative estimate of drug-likeness (QED) is 0.639. The molecule has 1 saturated heterocycles. The summed E-state index contributed by atoms with van der Waals surface area (Å²) in [6.45, 7) is 6.54. The molecule has 30 heavy (non-hydrogen) atoms. The zero-order valence-corrected chi connectivity index (χ0v) is 18.6. The molecule has 1 aromatic heterocycles. The number of piperidine rings is 1. The van der Waals surface area contributed by atoms with Crippen molar-refractivity contribution in [2.24, 2.45) is 0 Å². The minimum atomic E-state index is 0.0341. The molecule has 0 saturated carbocycles. The molecule has 0 bridgehead atoms. The van der Waals surface area contributed by atoms with Gasteiger partial charge in [-0.3, -0.25) is 0 Å². The molecule has 1 fully saturated rings. The van der Waals surface area contributed by atoms with Crippen LogP contribution in [0.5, 0.6) is 5.06 Å². The van der Waals surface area contributed by atoms with E-state index in [1.807, 2.05) is 23.1 Å². The van der Waals surface area contributed by atoms with Gasteiger partial charge >= 0.3 is 6.03 Å². The Morgan fingerprint density at radius 3 is 2.77 bits per heavy atom. The highest BCUT2D eigenvalue weighted by atomic mass is 32.1. The molecule has 4 rings (SSSR count). The lowest BCUT2D eigenvalue weighted by Gasteiger charge is -2.27. The standard InChI is InChI=1S/C24H33N3O2S/c28-24(25-12-10-20-8-3-1-4-9-20)27-16-11-22-21(19-27)18-23(30-22)29-17-7-15-26-13-5-2-6-14-26/h1,3-4,8-9,18H,2,5-7,10-17,19H2,(H,25,28). The van der Waals surface area contributed by atoms with Crippen LogP contribution in [0.2, 0.25) is 0 Å². The highest BCUT2D eigenvalue weighted by molar-refractivity contribution is 7.14. The number of carbonyl (C=O) groups is 1. The fourth-order valence-electron chi connectivity index (χ4n) is 4.26. The molecule has 2 aromatic rings. The maximum absolute atomic E-state index is 12.5. The number of rotatable bonds is 8. The van der Waals surface area contributed by atoms with Gasteiger partial charge < -0.3 is 19.9 Å². The van der Waals surface area contributed by atoms with Crippen molar-refractivity contribution in [3.05, 3.63) is 52.4 Å². The van der Waals surface area contributed by atoms with E-state index in [-0.39, 0.29) is 6.03 Å². The van der Waals surface area contributed by atoms with Crippen LogP contribution in [0, 0.1) is 0 Å². The lowest BCUT2D eigenvalue weighted by molar-refractivity contribution is 0.193. The maximum Gasteiger partial charge on any atom is 0.317 e. The van der Waals surface area contributed by atoms with E-state index in [9.17, 15) is 4.79 Å². The van der Waals surface area contributed by atoms with Gasteiger partial charge in [0.15, 0.2) is 5.06 Å². The van der Waals surface area contributed by atoms with Crippen LogP contribution < -0.4 is 10.1 Å². The number of fused-ring (bicyclic) bond motifs is 1. The number of ether oxygens (including phenoxy) is 1. The molecule has 0 radical (unpaired) electrons. The number of thiophene rings is 1. The van der Waals surface area contributed by atoms with Crippen molar-refractivity contribution >= 4 is 17.4 Å². The van der Waals surface area contributed by atoms with Crippen molar-refractivity contribution in [3.8, 4) is 5.06 Å². The fraction of sp³-hybridized carbons (Fsp3) is 0.542. The number of benzene rings is 1. The van der Waals surface area contributed by atoms with E-state index >= 15 is 0 Å². The highest BCUT2D eigenvalue weighted by Crippen LogP contribution is 2.33. The van der Waals surface area contributed by atoms with E-state index in [0.29, 0.717) is 13.1 Å². The Balaban J connectivity index is 1.18. The number of hydrogen-bond donors (Lipinski definition) is 1. The van der Waals surface area contributed by atoms with E-state index < -0.39 is 0 Å². The second-order valence-corrected chi connectivity index (χ2v) is 9.36. The van der Waals surface area contributed by atoms with Gasteiger partial charge in [0.2, 0.25) is 0 Å². The molecule has 6 heteroatoms. The summed E-state index contributed by atoms with van der Waals surface area (Å²) in [5.74, 6) is 0. The van der Waals surface area contributed by atoms with Crippen LogP contribution >= 0.6 is 11.3 Å². The second kappa shape index (κ2) is 10.8. The summed E-state index contributed by atoms with van der Waals surface area (Å²) in [6.07, 6.45) is 6.93. The number of nitrogens with zero attached hydrogens (tertiary/aromatic N) is 2. The lowest BCUT2D eigenvalue weighted by Crippen LogP contribution is -2.43. The number of carbonyl (C=O) groups excluding carboxylic acids is 1. The average molecular weight is 428 g/mol. The molecule has 5 nitrogen and oxygen atoms in total. The van der Waals surface area contributed by atoms with Crippen LogP contribution in [0.3, 0.4) is 0 Å². The van der Waals surface area contributed by atoms with Crippen LogP contribution in [-0.4, -0.2) is 55.2 Å². The minimum Gasteiger partial charge on any atom is -0.484 e. The first-order valence-corrected chi connectivity index (χ1v) is 12.1. The van der Waals surface area contributed by atoms with Gasteiger partial charge in [0, 0.05) is 31.1 Å². The van der Waals surface area contributed by atoms with Crippen LogP contribution in [-0.2, 0) is 19.4 Å².